The van der Waals surface area contributed by atoms with E-state index in [1.807, 2.05) is 45.9 Å². The van der Waals surface area contributed by atoms with Crippen LogP contribution in [-0.2, 0) is 10.8 Å². The maximum absolute atomic E-state index is 12.1. The van der Waals surface area contributed by atoms with Gasteiger partial charge in [-0.2, -0.15) is 5.26 Å². The summed E-state index contributed by atoms with van der Waals surface area (Å²) in [4.78, 5) is 0.863. The Morgan fingerprint density at radius 2 is 1.94 bits per heavy atom. The molecule has 0 bridgehead atoms. The highest BCUT2D eigenvalue weighted by Gasteiger charge is 2.18. The van der Waals surface area contributed by atoms with E-state index in [1.54, 1.807) is 0 Å². The second-order valence-electron chi connectivity index (χ2n) is 5.04. The van der Waals surface area contributed by atoms with Crippen molar-refractivity contribution in [1.82, 2.24) is 0 Å². The van der Waals surface area contributed by atoms with Gasteiger partial charge in [0.25, 0.3) is 0 Å². The molecule has 2 nitrogen and oxygen atoms in total. The van der Waals surface area contributed by atoms with Crippen LogP contribution in [0, 0.1) is 30.6 Å². The lowest BCUT2D eigenvalue weighted by Crippen LogP contribution is -2.12. The van der Waals surface area contributed by atoms with Crippen LogP contribution in [0.3, 0.4) is 0 Å². The summed E-state index contributed by atoms with van der Waals surface area (Å²) in [6.07, 6.45) is 0.656. The Labute approximate surface area is 106 Å². The van der Waals surface area contributed by atoms with Gasteiger partial charge in [0, 0.05) is 10.6 Å². The summed E-state index contributed by atoms with van der Waals surface area (Å²) >= 11 is 0. The van der Waals surface area contributed by atoms with Crippen LogP contribution < -0.4 is 0 Å². The molecule has 3 heteroatoms. The molecule has 1 aromatic rings. The van der Waals surface area contributed by atoms with Crippen molar-refractivity contribution in [2.45, 2.75) is 39.0 Å². The first-order valence-electron chi connectivity index (χ1n) is 5.72. The zero-order valence-corrected chi connectivity index (χ0v) is 11.7. The van der Waals surface area contributed by atoms with E-state index in [1.165, 1.54) is 5.56 Å². The van der Waals surface area contributed by atoms with Gasteiger partial charge < -0.3 is 0 Å². The van der Waals surface area contributed by atoms with Crippen LogP contribution in [0.1, 0.15) is 31.4 Å². The molecule has 1 atom stereocenters. The van der Waals surface area contributed by atoms with Crippen LogP contribution in [0.15, 0.2) is 23.1 Å². The van der Waals surface area contributed by atoms with Gasteiger partial charge in [-0.3, -0.25) is 4.21 Å². The molecule has 0 aliphatic heterocycles. The number of nitriles is 1. The fourth-order valence-electron chi connectivity index (χ4n) is 1.38. The average Bonchev–Trinajstić information content (AvgIpc) is 2.30. The van der Waals surface area contributed by atoms with Crippen LogP contribution in [-0.4, -0.2) is 9.96 Å². The highest BCUT2D eigenvalue weighted by molar-refractivity contribution is 7.85. The summed E-state index contributed by atoms with van der Waals surface area (Å²) in [6, 6.07) is 8.12. The molecule has 1 aromatic carbocycles. The van der Waals surface area contributed by atoms with Crippen LogP contribution in [0.5, 0.6) is 0 Å². The number of aryl methyl sites for hydroxylation is 2. The number of hydrogen-bond acceptors (Lipinski definition) is 2. The van der Waals surface area contributed by atoms with E-state index in [2.05, 4.69) is 6.07 Å². The van der Waals surface area contributed by atoms with Gasteiger partial charge in [-0.25, -0.2) is 0 Å². The molecule has 0 radical (unpaired) electrons. The molecule has 0 saturated heterocycles. The quantitative estimate of drug-likeness (QED) is 0.821. The van der Waals surface area contributed by atoms with Crippen LogP contribution in [0.4, 0.5) is 0 Å². The van der Waals surface area contributed by atoms with Gasteiger partial charge in [0.1, 0.15) is 0 Å². The molecule has 0 amide bonds. The summed E-state index contributed by atoms with van der Waals surface area (Å²) in [5, 5.41) is 8.91. The lowest BCUT2D eigenvalue weighted by Gasteiger charge is -2.14. The maximum Gasteiger partial charge on any atom is 0.0684 e. The maximum atomic E-state index is 12.1. The van der Waals surface area contributed by atoms with Gasteiger partial charge in [-0.15, -0.1) is 0 Å². The average molecular weight is 249 g/mol. The number of nitrogens with zero attached hydrogens (tertiary/aromatic N) is 1. The van der Waals surface area contributed by atoms with Crippen molar-refractivity contribution in [3.63, 3.8) is 0 Å². The SMILES string of the molecule is Cc1ccc(S(=O)CCC(C)(C)C#N)cc1C. The third-order valence-corrected chi connectivity index (χ3v) is 4.31. The second kappa shape index (κ2) is 5.46. The van der Waals surface area contributed by atoms with Crippen molar-refractivity contribution in [1.29, 1.82) is 5.26 Å². The molecule has 1 rings (SSSR count). The van der Waals surface area contributed by atoms with E-state index in [-0.39, 0.29) is 0 Å². The third-order valence-electron chi connectivity index (χ3n) is 2.96. The Kier molecular flexibility index (Phi) is 4.47. The summed E-state index contributed by atoms with van der Waals surface area (Å²) < 4.78 is 12.1. The van der Waals surface area contributed by atoms with Crippen LogP contribution in [0.2, 0.25) is 0 Å². The first-order valence-corrected chi connectivity index (χ1v) is 7.04. The Balaban J connectivity index is 2.72. The third kappa shape index (κ3) is 3.98. The molecule has 92 valence electrons. The zero-order chi connectivity index (χ0) is 13.1. The monoisotopic (exact) mass is 249 g/mol. The standard InChI is InChI=1S/C14H19NOS/c1-11-5-6-13(9-12(11)2)17(16)8-7-14(3,4)10-15/h5-6,9H,7-8H2,1-4H3. The van der Waals surface area contributed by atoms with Crippen LogP contribution in [0.25, 0.3) is 0 Å². The van der Waals surface area contributed by atoms with Gasteiger partial charge in [0.2, 0.25) is 0 Å². The molecule has 0 N–H and O–H groups in total. The van der Waals surface area contributed by atoms with Gasteiger partial charge in [0.15, 0.2) is 0 Å². The van der Waals surface area contributed by atoms with E-state index < -0.39 is 16.2 Å². The molecule has 0 saturated carbocycles. The first kappa shape index (κ1) is 13.9. The molecule has 0 aliphatic carbocycles. The highest BCUT2D eigenvalue weighted by atomic mass is 32.2. The molecule has 0 spiro atoms. The largest absolute Gasteiger partial charge is 0.254 e. The minimum Gasteiger partial charge on any atom is -0.254 e. The summed E-state index contributed by atoms with van der Waals surface area (Å²) in [7, 11) is -1.00. The highest BCUT2D eigenvalue weighted by Crippen LogP contribution is 2.21. The Morgan fingerprint density at radius 1 is 1.29 bits per heavy atom. The van der Waals surface area contributed by atoms with Gasteiger partial charge >= 0.3 is 0 Å². The van der Waals surface area contributed by atoms with E-state index in [4.69, 9.17) is 5.26 Å². The molecular weight excluding hydrogens is 230 g/mol. The fraction of sp³-hybridized carbons (Fsp3) is 0.500. The van der Waals surface area contributed by atoms with Crippen molar-refractivity contribution in [2.24, 2.45) is 5.41 Å². The Hall–Kier alpha value is -1.14. The van der Waals surface area contributed by atoms with Gasteiger partial charge in [-0.05, 0) is 57.4 Å². The lowest BCUT2D eigenvalue weighted by atomic mass is 9.93. The summed E-state index contributed by atoms with van der Waals surface area (Å²) in [5.41, 5.74) is 1.98. The minimum atomic E-state index is -1.00. The second-order valence-corrected chi connectivity index (χ2v) is 6.61. The topological polar surface area (TPSA) is 40.9 Å². The Morgan fingerprint density at radius 3 is 2.47 bits per heavy atom. The van der Waals surface area contributed by atoms with E-state index in [0.717, 1.165) is 10.5 Å². The molecule has 0 aromatic heterocycles. The number of rotatable bonds is 4. The predicted molar refractivity (Wildman–Crippen MR) is 71.2 cm³/mol. The predicted octanol–water partition coefficient (Wildman–Crippen LogP) is 3.35. The normalized spacial score (nSPS) is 13.1. The van der Waals surface area contributed by atoms with Crippen LogP contribution >= 0.6 is 0 Å². The molecule has 1 unspecified atom stereocenters. The summed E-state index contributed by atoms with van der Waals surface area (Å²) in [6.45, 7) is 7.82. The number of hydrogen-bond donors (Lipinski definition) is 0. The molecule has 0 aliphatic rings. The minimum absolute atomic E-state index is 0.393. The first-order chi connectivity index (χ1) is 7.85. The smallest absolute Gasteiger partial charge is 0.0684 e. The fourth-order valence-corrected chi connectivity index (χ4v) is 2.84. The van der Waals surface area contributed by atoms with E-state index in [9.17, 15) is 4.21 Å². The van der Waals surface area contributed by atoms with Crippen molar-refractivity contribution < 1.29 is 4.21 Å². The van der Waals surface area contributed by atoms with Crippen molar-refractivity contribution in [2.75, 3.05) is 5.75 Å². The van der Waals surface area contributed by atoms with Crippen molar-refractivity contribution in [3.05, 3.63) is 29.3 Å². The van der Waals surface area contributed by atoms with Gasteiger partial charge in [0.05, 0.1) is 22.3 Å². The number of benzene rings is 1. The molecular formula is C14H19NOS. The van der Waals surface area contributed by atoms with E-state index in [0.29, 0.717) is 12.2 Å². The zero-order valence-electron chi connectivity index (χ0n) is 10.9. The van der Waals surface area contributed by atoms with Gasteiger partial charge in [-0.1, -0.05) is 6.07 Å². The molecule has 0 fully saturated rings. The molecule has 0 heterocycles. The lowest BCUT2D eigenvalue weighted by molar-refractivity contribution is 0.479. The summed E-state index contributed by atoms with van der Waals surface area (Å²) in [5.74, 6) is 0.545. The van der Waals surface area contributed by atoms with Crippen molar-refractivity contribution in [3.8, 4) is 6.07 Å². The Bertz CT molecular complexity index is 472. The molecule has 17 heavy (non-hydrogen) atoms. The van der Waals surface area contributed by atoms with Crippen molar-refractivity contribution >= 4 is 10.8 Å². The van der Waals surface area contributed by atoms with E-state index >= 15 is 0 Å².